The zero-order valence-electron chi connectivity index (χ0n) is 9.33. The van der Waals surface area contributed by atoms with Gasteiger partial charge in [-0.2, -0.15) is 0 Å². The van der Waals surface area contributed by atoms with Crippen molar-refractivity contribution in [3.05, 3.63) is 16.7 Å². The van der Waals surface area contributed by atoms with E-state index in [0.717, 1.165) is 0 Å². The zero-order chi connectivity index (χ0) is 12.3. The van der Waals surface area contributed by atoms with Crippen molar-refractivity contribution in [3.63, 3.8) is 0 Å². The third-order valence-corrected chi connectivity index (χ3v) is 2.46. The first-order valence-corrected chi connectivity index (χ1v) is 5.00. The minimum absolute atomic E-state index is 0.0605. The lowest BCUT2D eigenvalue weighted by atomic mass is 10.1. The van der Waals surface area contributed by atoms with Gasteiger partial charge < -0.3 is 14.6 Å². The minimum Gasteiger partial charge on any atom is -0.504 e. The van der Waals surface area contributed by atoms with E-state index in [1.807, 2.05) is 0 Å². The Kier molecular flexibility index (Phi) is 4.01. The van der Waals surface area contributed by atoms with Crippen LogP contribution in [0.3, 0.4) is 0 Å². The number of Topliss-reactive ketones (excluding diaryl/α,β-unsaturated/α-hetero) is 1. The first-order chi connectivity index (χ1) is 7.51. The van der Waals surface area contributed by atoms with Gasteiger partial charge in [-0.25, -0.2) is 0 Å². The molecule has 1 rings (SSSR count). The van der Waals surface area contributed by atoms with Crippen molar-refractivity contribution in [2.24, 2.45) is 0 Å². The number of methoxy groups -OCH3 is 2. The smallest absolute Gasteiger partial charge is 0.203 e. The zero-order valence-corrected chi connectivity index (χ0v) is 10.1. The summed E-state index contributed by atoms with van der Waals surface area (Å²) in [6.45, 7) is 1.42. The van der Waals surface area contributed by atoms with Crippen LogP contribution in [0.5, 0.6) is 17.2 Å². The fourth-order valence-electron chi connectivity index (χ4n) is 1.40. The van der Waals surface area contributed by atoms with E-state index in [4.69, 9.17) is 21.1 Å². The van der Waals surface area contributed by atoms with Crippen LogP contribution in [0.1, 0.15) is 12.5 Å². The second kappa shape index (κ2) is 5.07. The third kappa shape index (κ3) is 2.39. The molecule has 0 unspecified atom stereocenters. The molecule has 0 fully saturated rings. The molecule has 1 aromatic carbocycles. The number of carbonyl (C=O) groups is 1. The molecular weight excluding hydrogens is 232 g/mol. The molecule has 1 N–H and O–H groups in total. The number of halogens is 1. The van der Waals surface area contributed by atoms with Crippen molar-refractivity contribution in [2.45, 2.75) is 13.3 Å². The van der Waals surface area contributed by atoms with Crippen LogP contribution in [0.4, 0.5) is 0 Å². The molecule has 0 amide bonds. The summed E-state index contributed by atoms with van der Waals surface area (Å²) < 4.78 is 10.0. The maximum atomic E-state index is 11.0. The van der Waals surface area contributed by atoms with Gasteiger partial charge in [-0.05, 0) is 6.92 Å². The quantitative estimate of drug-likeness (QED) is 0.882. The van der Waals surface area contributed by atoms with Gasteiger partial charge in [0.1, 0.15) is 5.78 Å². The van der Waals surface area contributed by atoms with Crippen LogP contribution in [-0.2, 0) is 11.2 Å². The molecule has 0 saturated carbocycles. The molecule has 0 aromatic heterocycles. The van der Waals surface area contributed by atoms with Gasteiger partial charge in [0.15, 0.2) is 11.5 Å². The Bertz CT molecular complexity index is 415. The summed E-state index contributed by atoms with van der Waals surface area (Å²) in [5, 5.41) is 10.2. The summed E-state index contributed by atoms with van der Waals surface area (Å²) >= 11 is 5.94. The van der Waals surface area contributed by atoms with E-state index in [1.165, 1.54) is 27.2 Å². The van der Waals surface area contributed by atoms with Crippen molar-refractivity contribution in [3.8, 4) is 17.2 Å². The SMILES string of the molecule is COc1cc(Cl)c(CC(C)=O)c(O)c1OC. The van der Waals surface area contributed by atoms with E-state index in [-0.39, 0.29) is 28.7 Å². The Balaban J connectivity index is 3.34. The monoisotopic (exact) mass is 244 g/mol. The molecule has 1 aromatic rings. The number of rotatable bonds is 4. The topological polar surface area (TPSA) is 55.8 Å². The summed E-state index contributed by atoms with van der Waals surface area (Å²) in [7, 11) is 2.85. The van der Waals surface area contributed by atoms with Crippen LogP contribution in [0.2, 0.25) is 5.02 Å². The van der Waals surface area contributed by atoms with Crippen LogP contribution < -0.4 is 9.47 Å². The Labute approximate surface area is 98.7 Å². The maximum Gasteiger partial charge on any atom is 0.203 e. The Morgan fingerprint density at radius 1 is 1.44 bits per heavy atom. The molecule has 4 nitrogen and oxygen atoms in total. The molecule has 88 valence electrons. The molecule has 0 spiro atoms. The third-order valence-electron chi connectivity index (χ3n) is 2.12. The summed E-state index contributed by atoms with van der Waals surface area (Å²) in [4.78, 5) is 11.0. The molecule has 0 heterocycles. The number of hydrogen-bond donors (Lipinski definition) is 1. The van der Waals surface area contributed by atoms with Gasteiger partial charge in [0, 0.05) is 18.1 Å². The number of phenols is 1. The summed E-state index contributed by atoms with van der Waals surface area (Å²) in [5.41, 5.74) is 0.354. The van der Waals surface area contributed by atoms with Gasteiger partial charge in [-0.1, -0.05) is 11.6 Å². The number of benzene rings is 1. The van der Waals surface area contributed by atoms with Crippen LogP contribution in [0, 0.1) is 0 Å². The number of hydrogen-bond acceptors (Lipinski definition) is 4. The van der Waals surface area contributed by atoms with Gasteiger partial charge >= 0.3 is 0 Å². The van der Waals surface area contributed by atoms with Crippen LogP contribution in [-0.4, -0.2) is 25.1 Å². The van der Waals surface area contributed by atoms with Crippen molar-refractivity contribution in [1.82, 2.24) is 0 Å². The van der Waals surface area contributed by atoms with Crippen LogP contribution in [0.15, 0.2) is 6.07 Å². The highest BCUT2D eigenvalue weighted by atomic mass is 35.5. The number of phenolic OH excluding ortho intramolecular Hbond substituents is 1. The molecule has 5 heteroatoms. The van der Waals surface area contributed by atoms with E-state index in [2.05, 4.69) is 0 Å². The lowest BCUT2D eigenvalue weighted by Crippen LogP contribution is -2.00. The molecule has 0 aliphatic carbocycles. The molecule has 16 heavy (non-hydrogen) atoms. The van der Waals surface area contributed by atoms with Crippen molar-refractivity contribution < 1.29 is 19.4 Å². The highest BCUT2D eigenvalue weighted by Crippen LogP contribution is 2.43. The highest BCUT2D eigenvalue weighted by Gasteiger charge is 2.18. The summed E-state index contributed by atoms with van der Waals surface area (Å²) in [6.07, 6.45) is 0.0605. The number of aromatic hydroxyl groups is 1. The second-order valence-corrected chi connectivity index (χ2v) is 3.71. The highest BCUT2D eigenvalue weighted by molar-refractivity contribution is 6.32. The predicted octanol–water partition coefficient (Wildman–Crippen LogP) is 2.19. The van der Waals surface area contributed by atoms with Crippen molar-refractivity contribution in [2.75, 3.05) is 14.2 Å². The van der Waals surface area contributed by atoms with Gasteiger partial charge in [0.2, 0.25) is 5.75 Å². The maximum absolute atomic E-state index is 11.0. The van der Waals surface area contributed by atoms with Gasteiger partial charge in [-0.15, -0.1) is 0 Å². The Hall–Kier alpha value is -1.42. The van der Waals surface area contributed by atoms with Gasteiger partial charge in [0.05, 0.1) is 19.2 Å². The van der Waals surface area contributed by atoms with Crippen LogP contribution >= 0.6 is 11.6 Å². The normalized spacial score (nSPS) is 10.0. The molecule has 0 bridgehead atoms. The minimum atomic E-state index is -0.151. The Morgan fingerprint density at radius 2 is 2.06 bits per heavy atom. The van der Waals surface area contributed by atoms with Gasteiger partial charge in [0.25, 0.3) is 0 Å². The molecule has 0 radical (unpaired) electrons. The lowest BCUT2D eigenvalue weighted by Gasteiger charge is -2.13. The number of carbonyl (C=O) groups excluding carboxylic acids is 1. The van der Waals surface area contributed by atoms with E-state index in [1.54, 1.807) is 0 Å². The Morgan fingerprint density at radius 3 is 2.50 bits per heavy atom. The second-order valence-electron chi connectivity index (χ2n) is 3.30. The molecule has 0 aliphatic heterocycles. The number of ketones is 1. The van der Waals surface area contributed by atoms with Crippen molar-refractivity contribution >= 4 is 17.4 Å². The first kappa shape index (κ1) is 12.6. The molecule has 0 atom stereocenters. The standard InChI is InChI=1S/C11H13ClO4/c1-6(13)4-7-8(12)5-9(15-2)11(16-3)10(7)14/h5,14H,4H2,1-3H3. The molecular formula is C11H13ClO4. The van der Waals surface area contributed by atoms with E-state index >= 15 is 0 Å². The van der Waals surface area contributed by atoms with Crippen molar-refractivity contribution in [1.29, 1.82) is 0 Å². The van der Waals surface area contributed by atoms with E-state index in [9.17, 15) is 9.90 Å². The fourth-order valence-corrected chi connectivity index (χ4v) is 1.66. The first-order valence-electron chi connectivity index (χ1n) is 4.63. The summed E-state index contributed by atoms with van der Waals surface area (Å²) in [6, 6.07) is 1.51. The van der Waals surface area contributed by atoms with E-state index in [0.29, 0.717) is 11.3 Å². The molecule has 0 saturated heterocycles. The average molecular weight is 245 g/mol. The number of ether oxygens (including phenoxy) is 2. The average Bonchev–Trinajstić information content (AvgIpc) is 2.23. The van der Waals surface area contributed by atoms with E-state index < -0.39 is 0 Å². The fraction of sp³-hybridized carbons (Fsp3) is 0.364. The largest absolute Gasteiger partial charge is 0.504 e. The van der Waals surface area contributed by atoms with Gasteiger partial charge in [-0.3, -0.25) is 4.79 Å². The summed E-state index contributed by atoms with van der Waals surface area (Å²) in [5.74, 6) is 0.270. The molecule has 0 aliphatic rings. The van der Waals surface area contributed by atoms with Crippen LogP contribution in [0.25, 0.3) is 0 Å². The lowest BCUT2D eigenvalue weighted by molar-refractivity contribution is -0.116. The predicted molar refractivity (Wildman–Crippen MR) is 60.6 cm³/mol.